The third-order valence-corrected chi connectivity index (χ3v) is 11.6. The van der Waals surface area contributed by atoms with Gasteiger partial charge in [0.05, 0.1) is 0 Å². The van der Waals surface area contributed by atoms with Gasteiger partial charge in [0.25, 0.3) is 0 Å². The van der Waals surface area contributed by atoms with Crippen LogP contribution in [0.15, 0.2) is 35.4 Å². The molecule has 0 aliphatic carbocycles. The number of hydrogen-bond donors (Lipinski definition) is 0. The molecule has 0 spiro atoms. The molecular weight excluding hydrogens is 675 g/mol. The van der Waals surface area contributed by atoms with Gasteiger partial charge in [-0.05, 0) is 141 Å². The van der Waals surface area contributed by atoms with Gasteiger partial charge >= 0.3 is 39.1 Å². The molecule has 0 radical (unpaired) electrons. The van der Waals surface area contributed by atoms with E-state index in [1.54, 1.807) is 15.8 Å². The van der Waals surface area contributed by atoms with Crippen LogP contribution in [0.5, 0.6) is 0 Å². The zero-order valence-corrected chi connectivity index (χ0v) is 36.8. The number of hydrogen-bond acceptors (Lipinski definition) is 0. The average Bonchev–Trinajstić information content (AvgIpc) is 3.42. The zero-order valence-electron chi connectivity index (χ0n) is 35.8. The van der Waals surface area contributed by atoms with E-state index < -0.39 is 0 Å². The van der Waals surface area contributed by atoms with Crippen molar-refractivity contribution in [2.24, 2.45) is 0 Å². The normalized spacial score (nSPS) is 13.1. The van der Waals surface area contributed by atoms with E-state index in [-0.39, 0.29) is 0 Å². The maximum absolute atomic E-state index is 12.6. The number of aryl methyl sites for hydroxylation is 4. The molecule has 0 aromatic heterocycles. The molecule has 0 fully saturated rings. The van der Waals surface area contributed by atoms with Crippen molar-refractivity contribution < 1.29 is 19.1 Å². The van der Waals surface area contributed by atoms with Crippen LogP contribution in [-0.4, -0.2) is 4.70 Å². The van der Waals surface area contributed by atoms with Crippen LogP contribution in [0, 0.1) is 0 Å². The quantitative estimate of drug-likeness (QED) is 0.0712. The van der Waals surface area contributed by atoms with Gasteiger partial charge in [-0.1, -0.05) is 107 Å². The number of allylic oxidation sites excluding steroid dienone is 2. The predicted molar refractivity (Wildman–Crippen MR) is 228 cm³/mol. The van der Waals surface area contributed by atoms with Crippen molar-refractivity contribution >= 4 is 11.4 Å². The van der Waals surface area contributed by atoms with Crippen LogP contribution in [-0.2, 0) is 53.0 Å². The van der Waals surface area contributed by atoms with E-state index in [2.05, 4.69) is 93.5 Å². The van der Waals surface area contributed by atoms with Crippen LogP contribution < -0.4 is 0 Å². The van der Waals surface area contributed by atoms with Crippen molar-refractivity contribution in [3.05, 3.63) is 85.5 Å². The van der Waals surface area contributed by atoms with Gasteiger partial charge in [0.1, 0.15) is 0 Å². The molecule has 2 aromatic rings. The molecule has 0 bridgehead atoms. The number of rotatable bonds is 25. The summed E-state index contributed by atoms with van der Waals surface area (Å²) in [5, 5.41) is 2.56. The van der Waals surface area contributed by atoms with E-state index >= 15 is 0 Å². The molecule has 0 unspecified atom stereocenters. The second-order valence-corrected chi connectivity index (χ2v) is 16.8. The fourth-order valence-corrected chi connectivity index (χ4v) is 8.42. The van der Waals surface area contributed by atoms with Crippen LogP contribution in [0.25, 0.3) is 16.9 Å². The van der Waals surface area contributed by atoms with E-state index in [1.165, 1.54) is 107 Å². The van der Waals surface area contributed by atoms with Crippen LogP contribution in [0.2, 0.25) is 10.8 Å². The van der Waals surface area contributed by atoms with Crippen LogP contribution >= 0.6 is 0 Å². The van der Waals surface area contributed by atoms with Gasteiger partial charge in [-0.3, -0.25) is 0 Å². The standard InChI is InChI=1S/C45H70N2.2C2H5.Ni/c1-9-17-25-36-32-39(33-37(26-18-10-2)41(36)27-19-11-3)45-43(29-21-13-5)42(28-20-12-4)44(47(45)46)38-30-34(22-14-6)40(24-16-8)35(31-38)23-15-7;2*1-2;/h30-33H,9-29H2,1-8H3;2*1H2,2H3;. The summed E-state index contributed by atoms with van der Waals surface area (Å²) in [5.41, 5.74) is 29.2. The molecule has 2 nitrogen and oxygen atoms in total. The van der Waals surface area contributed by atoms with Gasteiger partial charge in [-0.2, -0.15) is 0 Å². The van der Waals surface area contributed by atoms with Gasteiger partial charge in [0.2, 0.25) is 11.4 Å². The SMILES string of the molecule is CCCCC1=C(c2cc(CCC)c(CCC)c(CCC)c2)[N+](=[N-])C(c2cc(CCCC)c(CCCC)c(CCCC)c2)=C1CCCC.C[CH2][Ni][CH2]C. The van der Waals surface area contributed by atoms with Crippen molar-refractivity contribution in [3.63, 3.8) is 0 Å². The van der Waals surface area contributed by atoms with E-state index in [4.69, 9.17) is 0 Å². The van der Waals surface area contributed by atoms with Crippen LogP contribution in [0.3, 0.4) is 0 Å². The molecule has 0 saturated heterocycles. The zero-order chi connectivity index (χ0) is 38.3. The molecule has 0 N–H and O–H groups in total. The fourth-order valence-electron chi connectivity index (χ4n) is 7.93. The first kappa shape index (κ1) is 46.2. The summed E-state index contributed by atoms with van der Waals surface area (Å²) in [6.07, 6.45) is 24.2. The van der Waals surface area contributed by atoms with Crippen molar-refractivity contribution in [2.75, 3.05) is 0 Å². The van der Waals surface area contributed by atoms with Gasteiger partial charge in [0, 0.05) is 22.3 Å². The molecule has 1 aliphatic rings. The maximum atomic E-state index is 12.6. The monoisotopic (exact) mass is 755 g/mol. The minimum atomic E-state index is 1.02. The van der Waals surface area contributed by atoms with Crippen LogP contribution in [0.4, 0.5) is 0 Å². The summed E-state index contributed by atoms with van der Waals surface area (Å²) in [4.78, 5) is 0. The van der Waals surface area contributed by atoms with Gasteiger partial charge < -0.3 is 5.53 Å². The Kier molecular flexibility index (Phi) is 23.7. The van der Waals surface area contributed by atoms with E-state index in [0.29, 0.717) is 0 Å². The first-order chi connectivity index (χ1) is 25.3. The molecule has 3 heteroatoms. The Hall–Kier alpha value is -1.99. The number of nitrogens with zero attached hydrogens (tertiary/aromatic N) is 2. The number of benzene rings is 2. The summed E-state index contributed by atoms with van der Waals surface area (Å²) in [6, 6.07) is 9.92. The fraction of sp³-hybridized carbons (Fsp3) is 0.673. The Bertz CT molecular complexity index is 1350. The Balaban J connectivity index is 0.00000175. The molecular formula is C49H80N2Ni. The minimum absolute atomic E-state index is 1.02. The average molecular weight is 756 g/mol. The topological polar surface area (TPSA) is 25.3 Å². The molecule has 296 valence electrons. The van der Waals surface area contributed by atoms with Crippen molar-refractivity contribution in [3.8, 4) is 0 Å². The summed E-state index contributed by atoms with van der Waals surface area (Å²) < 4.78 is 1.67. The third-order valence-electron chi connectivity index (χ3n) is 10.6. The second kappa shape index (κ2) is 26.7. The molecule has 52 heavy (non-hydrogen) atoms. The second-order valence-electron chi connectivity index (χ2n) is 14.9. The van der Waals surface area contributed by atoms with Crippen molar-refractivity contribution in [1.82, 2.24) is 0 Å². The Morgan fingerprint density at radius 2 is 0.731 bits per heavy atom. The predicted octanol–water partition coefficient (Wildman–Crippen LogP) is 16.1. The van der Waals surface area contributed by atoms with Gasteiger partial charge in [-0.25, -0.2) is 4.70 Å². The van der Waals surface area contributed by atoms with Crippen molar-refractivity contribution in [1.29, 1.82) is 0 Å². The summed E-state index contributed by atoms with van der Waals surface area (Å²) in [6.45, 7) is 22.8. The Morgan fingerprint density at radius 3 is 1.06 bits per heavy atom. The number of unbranched alkanes of at least 4 members (excludes halogenated alkanes) is 5. The van der Waals surface area contributed by atoms with E-state index in [1.807, 2.05) is 14.4 Å². The molecule has 2 aromatic carbocycles. The molecule has 1 aliphatic heterocycles. The molecule has 1 heterocycles. The van der Waals surface area contributed by atoms with Crippen molar-refractivity contribution in [2.45, 2.75) is 215 Å². The molecule has 0 amide bonds. The summed E-state index contributed by atoms with van der Waals surface area (Å²) in [5.74, 6) is 0. The molecule has 3 rings (SSSR count). The first-order valence-electron chi connectivity index (χ1n) is 22.1. The Labute approximate surface area is 329 Å². The third kappa shape index (κ3) is 13.4. The first-order valence-corrected chi connectivity index (χ1v) is 23.5. The molecule has 0 atom stereocenters. The Morgan fingerprint density at radius 1 is 0.404 bits per heavy atom. The van der Waals surface area contributed by atoms with Gasteiger partial charge in [-0.15, -0.1) is 0 Å². The summed E-state index contributed by atoms with van der Waals surface area (Å²) >= 11 is 1.82. The van der Waals surface area contributed by atoms with E-state index in [9.17, 15) is 5.53 Å². The summed E-state index contributed by atoms with van der Waals surface area (Å²) in [7, 11) is 0. The van der Waals surface area contributed by atoms with Crippen LogP contribution in [0.1, 0.15) is 210 Å². The van der Waals surface area contributed by atoms with E-state index in [0.717, 1.165) is 94.9 Å². The molecule has 0 saturated carbocycles. The van der Waals surface area contributed by atoms with Gasteiger partial charge in [0.15, 0.2) is 0 Å².